The molecule has 0 saturated carbocycles. The van der Waals surface area contributed by atoms with E-state index in [0.717, 1.165) is 22.0 Å². The first-order valence-electron chi connectivity index (χ1n) is 37.6. The molecule has 25 N–H and O–H groups in total. The number of imidazole rings is 2. The van der Waals surface area contributed by atoms with Crippen molar-refractivity contribution < 1.29 is 77.3 Å². The normalized spacial score (nSPS) is 22.2. The van der Waals surface area contributed by atoms with Crippen molar-refractivity contribution in [1.82, 2.24) is 98.9 Å². The maximum atomic E-state index is 15.0. The molecule has 3 heterocycles. The Hall–Kier alpha value is -13.2. The molecule has 11 unspecified atom stereocenters. The minimum absolute atomic E-state index is 0.00882. The monoisotopic (exact) mass is 1640 g/mol. The van der Waals surface area contributed by atoms with E-state index < -0.39 is 192 Å². The number of hydrogen-bond donors (Lipinski definition) is 22. The molecule has 628 valence electrons. The molecule has 0 radical (unpaired) electrons. The van der Waals surface area contributed by atoms with Gasteiger partial charge in [0, 0.05) is 83.1 Å². The predicted octanol–water partition coefficient (Wildman–Crippen LogP) is -5.40. The lowest BCUT2D eigenvalue weighted by Gasteiger charge is -2.32. The topological polar surface area (TPSA) is 623 Å². The van der Waals surface area contributed by atoms with Gasteiger partial charge in [0.15, 0.2) is 11.9 Å². The number of primary amides is 1. The quantitative estimate of drug-likeness (QED) is 0.0162. The first kappa shape index (κ1) is 91.0. The fourth-order valence-electron chi connectivity index (χ4n) is 12.4. The van der Waals surface area contributed by atoms with E-state index in [4.69, 9.17) is 28.0 Å². The fourth-order valence-corrected chi connectivity index (χ4v) is 13.3. The number of hydrogen-bond acceptors (Lipinski definition) is 21. The van der Waals surface area contributed by atoms with Gasteiger partial charge in [-0.3, -0.25) is 77.9 Å². The molecule has 2 aromatic heterocycles. The minimum atomic E-state index is -1.83. The van der Waals surface area contributed by atoms with Crippen molar-refractivity contribution in [3.05, 3.63) is 150 Å². The second kappa shape index (κ2) is 45.6. The molecular formula is C76H102N24O16S. The van der Waals surface area contributed by atoms with Gasteiger partial charge in [0.25, 0.3) is 0 Å². The van der Waals surface area contributed by atoms with Gasteiger partial charge in [-0.2, -0.15) is 0 Å². The number of H-pyrrole nitrogens is 1. The number of nitrogens with zero attached hydrogens (tertiary/aromatic N) is 4. The van der Waals surface area contributed by atoms with E-state index in [1.165, 1.54) is 67.9 Å². The summed E-state index contributed by atoms with van der Waals surface area (Å²) in [5, 5.41) is 74.0. The van der Waals surface area contributed by atoms with Gasteiger partial charge < -0.3 is 116 Å². The zero-order valence-corrected chi connectivity index (χ0v) is 65.8. The molecule has 117 heavy (non-hydrogen) atoms. The predicted molar refractivity (Wildman–Crippen MR) is 429 cm³/mol. The van der Waals surface area contributed by atoms with Gasteiger partial charge in [0.2, 0.25) is 82.7 Å². The van der Waals surface area contributed by atoms with Crippen molar-refractivity contribution >= 4 is 117 Å². The highest BCUT2D eigenvalue weighted by atomic mass is 32.2. The highest BCUT2D eigenvalue weighted by Gasteiger charge is 2.38. The van der Waals surface area contributed by atoms with Crippen LogP contribution in [-0.4, -0.2) is 247 Å². The number of amides is 14. The highest BCUT2D eigenvalue weighted by Crippen LogP contribution is 2.22. The number of aromatic hydroxyl groups is 1. The molecular weight excluding hydrogens is 1540 g/mol. The van der Waals surface area contributed by atoms with Crippen molar-refractivity contribution in [1.29, 1.82) is 10.8 Å². The number of likely N-dealkylation sites (N-methyl/N-ethyl adjacent to an activating group) is 1. The van der Waals surface area contributed by atoms with Gasteiger partial charge in [-0.15, -0.1) is 11.8 Å². The third-order valence-corrected chi connectivity index (χ3v) is 19.8. The molecule has 0 spiro atoms. The maximum Gasteiger partial charge on any atom is 0.245 e. The Morgan fingerprint density at radius 2 is 1.13 bits per heavy atom. The Bertz CT molecular complexity index is 4470. The Balaban J connectivity index is 1.28. The van der Waals surface area contributed by atoms with Gasteiger partial charge in [-0.05, 0) is 78.6 Å². The number of phenolic OH excluding ortho intramolecular Hbond substituents is 1. The number of guanidine groups is 2. The molecule has 1 saturated heterocycles. The average Bonchev–Trinajstić information content (AvgIpc) is 1.63. The largest absolute Gasteiger partial charge is 0.508 e. The van der Waals surface area contributed by atoms with E-state index in [1.807, 2.05) is 18.2 Å². The third-order valence-electron chi connectivity index (χ3n) is 18.8. The second-order valence-electron chi connectivity index (χ2n) is 27.7. The van der Waals surface area contributed by atoms with E-state index >= 15 is 9.59 Å². The molecule has 14 amide bonds. The lowest BCUT2D eigenvalue weighted by Crippen LogP contribution is -2.61. The van der Waals surface area contributed by atoms with Gasteiger partial charge in [-0.1, -0.05) is 91.9 Å². The van der Waals surface area contributed by atoms with Crippen LogP contribution >= 0.6 is 11.8 Å². The molecule has 40 nitrogen and oxygen atoms in total. The number of nitrogens with one attached hydrogen (secondary N) is 17. The SMILES string of the molecule is CCC1NC(=O)C(Cc2ccccc2)NC(=O)CSCC(C(=O)NCC(N)=O)NC(=O)C(Cc2cncn2C)NC(=O)C(CCCNC(=N)N)NC(=O)C(C)NC(=O)C(Cc2ccc(O)cc2)N(C)C(=O)C(CCCNC(=N)N)NC(=O)C(CO)NC(=O)CNC(=O)C(Cc2c[nH]cn2)NC(=O)C(Cc2cccc3ccccc23)NC1=O. The highest BCUT2D eigenvalue weighted by molar-refractivity contribution is 8.00. The zero-order valence-electron chi connectivity index (χ0n) is 65.0. The molecule has 0 bridgehead atoms. The summed E-state index contributed by atoms with van der Waals surface area (Å²) in [6.45, 7) is 0.122. The van der Waals surface area contributed by atoms with E-state index in [-0.39, 0.29) is 88.7 Å². The number of carbonyl (C=O) groups is 14. The van der Waals surface area contributed by atoms with E-state index in [0.29, 0.717) is 27.8 Å². The number of fused-ring (bicyclic) bond motifs is 1. The smallest absolute Gasteiger partial charge is 0.245 e. The summed E-state index contributed by atoms with van der Waals surface area (Å²) in [4.78, 5) is 214. The maximum absolute atomic E-state index is 15.0. The first-order valence-corrected chi connectivity index (χ1v) is 38.7. The molecule has 11 atom stereocenters. The molecule has 41 heteroatoms. The lowest BCUT2D eigenvalue weighted by molar-refractivity contribution is -0.143. The molecule has 1 aliphatic rings. The second-order valence-corrected chi connectivity index (χ2v) is 28.7. The summed E-state index contributed by atoms with van der Waals surface area (Å²) in [5.41, 5.74) is 18.7. The van der Waals surface area contributed by atoms with Crippen molar-refractivity contribution in [3.8, 4) is 5.75 Å². The summed E-state index contributed by atoms with van der Waals surface area (Å²) in [6.07, 6.45) is 3.81. The van der Waals surface area contributed by atoms with Crippen LogP contribution in [0.1, 0.15) is 74.0 Å². The van der Waals surface area contributed by atoms with Gasteiger partial charge in [-0.25, -0.2) is 9.97 Å². The van der Waals surface area contributed by atoms with Crippen molar-refractivity contribution in [3.63, 3.8) is 0 Å². The lowest BCUT2D eigenvalue weighted by atomic mass is 9.97. The summed E-state index contributed by atoms with van der Waals surface area (Å²) >= 11 is 0.802. The van der Waals surface area contributed by atoms with Crippen molar-refractivity contribution in [2.45, 2.75) is 145 Å². The van der Waals surface area contributed by atoms with Crippen molar-refractivity contribution in [2.24, 2.45) is 24.2 Å². The van der Waals surface area contributed by atoms with Crippen LogP contribution in [-0.2, 0) is 106 Å². The summed E-state index contributed by atoms with van der Waals surface area (Å²) < 4.78 is 1.53. The minimum Gasteiger partial charge on any atom is -0.508 e. The van der Waals surface area contributed by atoms with E-state index in [2.05, 4.69) is 89.4 Å². The number of nitrogens with two attached hydrogens (primary N) is 3. The van der Waals surface area contributed by atoms with Crippen molar-refractivity contribution in [2.75, 3.05) is 51.3 Å². The number of aliphatic hydroxyl groups excluding tert-OH is 1. The molecule has 1 aliphatic heterocycles. The van der Waals surface area contributed by atoms with Gasteiger partial charge >= 0.3 is 0 Å². The summed E-state index contributed by atoms with van der Waals surface area (Å²) in [7, 11) is 2.81. The Morgan fingerprint density at radius 3 is 1.75 bits per heavy atom. The number of carbonyl (C=O) groups excluding carboxylic acids is 14. The molecule has 4 aromatic carbocycles. The number of aromatic amines is 1. The average molecular weight is 1640 g/mol. The Morgan fingerprint density at radius 1 is 0.573 bits per heavy atom. The van der Waals surface area contributed by atoms with Crippen LogP contribution < -0.4 is 91.6 Å². The molecule has 0 aliphatic carbocycles. The first-order chi connectivity index (χ1) is 55.9. The molecule has 6 aromatic rings. The van der Waals surface area contributed by atoms with E-state index in [1.54, 1.807) is 68.6 Å². The van der Waals surface area contributed by atoms with Crippen LogP contribution in [0.2, 0.25) is 0 Å². The Labute approximate surface area is 677 Å². The van der Waals surface area contributed by atoms with Crippen LogP contribution in [0.25, 0.3) is 10.8 Å². The van der Waals surface area contributed by atoms with Crippen LogP contribution in [0.15, 0.2) is 122 Å². The number of phenols is 1. The Kier molecular flexibility index (Phi) is 35.5. The fraction of sp³-hybridized carbons (Fsp3) is 0.421. The summed E-state index contributed by atoms with van der Waals surface area (Å²) in [5.74, 6) is -15.3. The molecule has 1 fully saturated rings. The number of aromatic nitrogens is 4. The van der Waals surface area contributed by atoms with Gasteiger partial charge in [0.05, 0.1) is 43.8 Å². The van der Waals surface area contributed by atoms with Crippen LogP contribution in [0.4, 0.5) is 0 Å². The third kappa shape index (κ3) is 29.3. The zero-order chi connectivity index (χ0) is 85.3. The van der Waals surface area contributed by atoms with E-state index in [9.17, 15) is 67.7 Å². The number of rotatable bonds is 23. The van der Waals surface area contributed by atoms with Crippen LogP contribution in [0, 0.1) is 10.8 Å². The molecule has 7 rings (SSSR count). The standard InChI is InChI=1S/C76H102N24O16S/c1-5-51-67(109)95-55(30-46-18-11-17-45-16-9-10-19-50(45)46)70(112)96-56(31-47-33-82-40-88-47)65(107)87-36-62(104)91-58(37-101)72(114)94-53(21-13-27-85-76(80)81)74(116)100(4)60(29-44-22-24-49(102)25-23-44)73(115)89-42(2)64(106)93-52(20-12-26-84-75(78)79)68(110)97-57(32-48-34-83-41-99(48)3)71(113)98-59(66(108)86-35-61(77)103)38-117-39-63(105)90-54(69(111)92-51)28-43-14-7-6-8-15-43/h6-11,14-19,22-25,33-34,40-42,51-60,101-102H,5,12-13,20-21,26-32,35-39H2,1-4H3,(H2,77,103)(H,82,88)(H,86,108)(H,87,107)(H,89,115)(H,90,105)(H,91,104)(H,92,111)(H,93,106)(H,94,114)(H,95,109)(H,96,112)(H,97,110)(H,98,113)(H4,78,79,84)(H4,80,81,85). The van der Waals surface area contributed by atoms with Crippen LogP contribution in [0.3, 0.4) is 0 Å². The van der Waals surface area contributed by atoms with Gasteiger partial charge in [0.1, 0.15) is 72.2 Å². The number of aliphatic hydroxyl groups is 1. The summed E-state index contributed by atoms with van der Waals surface area (Å²) in [6, 6.07) is 9.43. The van der Waals surface area contributed by atoms with Crippen LogP contribution in [0.5, 0.6) is 5.75 Å². The number of thioether (sulfide) groups is 1. The number of aryl methyl sites for hydroxylation is 1. The number of benzene rings is 4.